The van der Waals surface area contributed by atoms with Crippen LogP contribution in [0.5, 0.6) is 0 Å². The molecule has 0 amide bonds. The first-order valence-corrected chi connectivity index (χ1v) is 6.22. The number of ether oxygens (including phenoxy) is 1. The quantitative estimate of drug-likeness (QED) is 0.767. The largest absolute Gasteiger partial charge is 0.377 e. The van der Waals surface area contributed by atoms with Gasteiger partial charge in [0.15, 0.2) is 0 Å². The van der Waals surface area contributed by atoms with Gasteiger partial charge in [0.2, 0.25) is 0 Å². The highest BCUT2D eigenvalue weighted by atomic mass is 16.5. The van der Waals surface area contributed by atoms with Gasteiger partial charge in [-0.15, -0.1) is 0 Å². The molecule has 1 N–H and O–H groups in total. The molecular weight excluding hydrogens is 198 g/mol. The van der Waals surface area contributed by atoms with Crippen molar-refractivity contribution in [3.8, 4) is 0 Å². The lowest BCUT2D eigenvalue weighted by molar-refractivity contribution is 0.110. The van der Waals surface area contributed by atoms with Gasteiger partial charge in [-0.25, -0.2) is 0 Å². The summed E-state index contributed by atoms with van der Waals surface area (Å²) in [5.74, 6) is 0. The van der Waals surface area contributed by atoms with Crippen LogP contribution in [-0.4, -0.2) is 25.8 Å². The zero-order valence-corrected chi connectivity index (χ0v) is 10.0. The van der Waals surface area contributed by atoms with Gasteiger partial charge in [-0.2, -0.15) is 0 Å². The summed E-state index contributed by atoms with van der Waals surface area (Å²) in [4.78, 5) is 0. The molecule has 88 valence electrons. The number of aryl methyl sites for hydroxylation is 1. The Balaban J connectivity index is 1.62. The van der Waals surface area contributed by atoms with E-state index in [4.69, 9.17) is 4.74 Å². The molecular formula is C14H21NO. The van der Waals surface area contributed by atoms with E-state index in [0.29, 0.717) is 6.10 Å². The first-order chi connectivity index (χ1) is 7.84. The smallest absolute Gasteiger partial charge is 0.0700 e. The Morgan fingerprint density at radius 1 is 1.31 bits per heavy atom. The van der Waals surface area contributed by atoms with E-state index in [1.54, 1.807) is 0 Å². The molecule has 0 spiro atoms. The molecule has 1 aliphatic heterocycles. The van der Waals surface area contributed by atoms with Gasteiger partial charge in [-0.05, 0) is 38.3 Å². The van der Waals surface area contributed by atoms with E-state index in [2.05, 4.69) is 36.5 Å². The van der Waals surface area contributed by atoms with Gasteiger partial charge in [0, 0.05) is 13.2 Å². The predicted molar refractivity (Wildman–Crippen MR) is 66.7 cm³/mol. The number of hydrogen-bond acceptors (Lipinski definition) is 2. The lowest BCUT2D eigenvalue weighted by Gasteiger charge is -2.10. The molecule has 0 aromatic heterocycles. The first kappa shape index (κ1) is 11.6. The molecule has 2 nitrogen and oxygen atoms in total. The fourth-order valence-electron chi connectivity index (χ4n) is 2.06. The summed E-state index contributed by atoms with van der Waals surface area (Å²) in [6.07, 6.45) is 4.01. The van der Waals surface area contributed by atoms with Gasteiger partial charge in [-0.1, -0.05) is 29.8 Å². The monoisotopic (exact) mass is 219 g/mol. The minimum absolute atomic E-state index is 0.456. The maximum absolute atomic E-state index is 5.56. The second-order valence-corrected chi connectivity index (χ2v) is 4.57. The van der Waals surface area contributed by atoms with E-state index in [9.17, 15) is 0 Å². The third kappa shape index (κ3) is 3.62. The molecule has 1 aromatic carbocycles. The van der Waals surface area contributed by atoms with E-state index in [-0.39, 0.29) is 0 Å². The van der Waals surface area contributed by atoms with Crippen LogP contribution in [0.1, 0.15) is 24.0 Å². The molecule has 2 heteroatoms. The number of rotatable bonds is 5. The highest BCUT2D eigenvalue weighted by Gasteiger charge is 2.13. The maximum atomic E-state index is 5.56. The molecule has 1 heterocycles. The van der Waals surface area contributed by atoms with Crippen molar-refractivity contribution in [2.24, 2.45) is 0 Å². The normalized spacial score (nSPS) is 20.2. The van der Waals surface area contributed by atoms with Crippen LogP contribution in [0.4, 0.5) is 0 Å². The summed E-state index contributed by atoms with van der Waals surface area (Å²) in [6, 6.07) is 8.77. The van der Waals surface area contributed by atoms with Crippen molar-refractivity contribution >= 4 is 0 Å². The van der Waals surface area contributed by atoms with Crippen molar-refractivity contribution in [2.75, 3.05) is 19.7 Å². The average molecular weight is 219 g/mol. The summed E-state index contributed by atoms with van der Waals surface area (Å²) in [5.41, 5.74) is 2.74. The first-order valence-electron chi connectivity index (χ1n) is 6.22. The van der Waals surface area contributed by atoms with Gasteiger partial charge < -0.3 is 10.1 Å². The maximum Gasteiger partial charge on any atom is 0.0700 e. The molecule has 0 saturated carbocycles. The van der Waals surface area contributed by atoms with Crippen LogP contribution < -0.4 is 5.32 Å². The number of benzene rings is 1. The summed E-state index contributed by atoms with van der Waals surface area (Å²) in [6.45, 7) is 5.12. The van der Waals surface area contributed by atoms with Crippen LogP contribution in [-0.2, 0) is 11.2 Å². The van der Waals surface area contributed by atoms with Crippen molar-refractivity contribution < 1.29 is 4.74 Å². The van der Waals surface area contributed by atoms with Crippen molar-refractivity contribution in [2.45, 2.75) is 32.3 Å². The fraction of sp³-hybridized carbons (Fsp3) is 0.571. The molecule has 1 unspecified atom stereocenters. The molecule has 0 aliphatic carbocycles. The Morgan fingerprint density at radius 2 is 2.12 bits per heavy atom. The van der Waals surface area contributed by atoms with Crippen molar-refractivity contribution in [3.63, 3.8) is 0 Å². The van der Waals surface area contributed by atoms with E-state index in [0.717, 1.165) is 26.1 Å². The van der Waals surface area contributed by atoms with Crippen LogP contribution >= 0.6 is 0 Å². The zero-order chi connectivity index (χ0) is 11.2. The van der Waals surface area contributed by atoms with E-state index in [1.165, 1.54) is 24.0 Å². The molecule has 1 atom stereocenters. The Hall–Kier alpha value is -0.860. The highest BCUT2D eigenvalue weighted by molar-refractivity contribution is 5.21. The lowest BCUT2D eigenvalue weighted by Crippen LogP contribution is -2.27. The lowest BCUT2D eigenvalue weighted by atomic mass is 10.1. The van der Waals surface area contributed by atoms with Crippen LogP contribution in [0.15, 0.2) is 24.3 Å². The van der Waals surface area contributed by atoms with Crippen molar-refractivity contribution in [1.29, 1.82) is 0 Å². The Labute approximate surface area is 98.0 Å². The Morgan fingerprint density at radius 3 is 2.81 bits per heavy atom. The molecule has 1 aromatic rings. The molecule has 2 rings (SSSR count). The number of hydrogen-bond donors (Lipinski definition) is 1. The third-order valence-corrected chi connectivity index (χ3v) is 3.11. The van der Waals surface area contributed by atoms with Crippen LogP contribution in [0, 0.1) is 6.92 Å². The Kier molecular flexibility index (Phi) is 4.37. The van der Waals surface area contributed by atoms with Crippen molar-refractivity contribution in [3.05, 3.63) is 35.4 Å². The minimum atomic E-state index is 0.456. The predicted octanol–water partition coefficient (Wildman–Crippen LogP) is 2.31. The average Bonchev–Trinajstić information content (AvgIpc) is 2.80. The zero-order valence-electron chi connectivity index (χ0n) is 10.0. The third-order valence-electron chi connectivity index (χ3n) is 3.11. The molecule has 16 heavy (non-hydrogen) atoms. The van der Waals surface area contributed by atoms with E-state index >= 15 is 0 Å². The standard InChI is InChI=1S/C14H21NO/c1-12-4-6-13(7-5-12)8-9-15-11-14-3-2-10-16-14/h4-7,14-15H,2-3,8-11H2,1H3. The van der Waals surface area contributed by atoms with Gasteiger partial charge in [0.1, 0.15) is 0 Å². The SMILES string of the molecule is Cc1ccc(CCNCC2CCCO2)cc1. The van der Waals surface area contributed by atoms with Crippen LogP contribution in [0.25, 0.3) is 0 Å². The summed E-state index contributed by atoms with van der Waals surface area (Å²) in [5, 5.41) is 3.47. The van der Waals surface area contributed by atoms with Gasteiger partial charge >= 0.3 is 0 Å². The van der Waals surface area contributed by atoms with Gasteiger partial charge in [-0.3, -0.25) is 0 Å². The Bertz CT molecular complexity index is 301. The topological polar surface area (TPSA) is 21.3 Å². The van der Waals surface area contributed by atoms with Crippen molar-refractivity contribution in [1.82, 2.24) is 5.32 Å². The van der Waals surface area contributed by atoms with Gasteiger partial charge in [0.05, 0.1) is 6.10 Å². The summed E-state index contributed by atoms with van der Waals surface area (Å²) in [7, 11) is 0. The van der Waals surface area contributed by atoms with Gasteiger partial charge in [0.25, 0.3) is 0 Å². The second kappa shape index (κ2) is 6.02. The fourth-order valence-corrected chi connectivity index (χ4v) is 2.06. The molecule has 1 aliphatic rings. The second-order valence-electron chi connectivity index (χ2n) is 4.57. The minimum Gasteiger partial charge on any atom is -0.377 e. The molecule has 1 saturated heterocycles. The summed E-state index contributed by atoms with van der Waals surface area (Å²) < 4.78 is 5.56. The molecule has 1 fully saturated rings. The van der Waals surface area contributed by atoms with Crippen LogP contribution in [0.3, 0.4) is 0 Å². The van der Waals surface area contributed by atoms with Crippen LogP contribution in [0.2, 0.25) is 0 Å². The number of nitrogens with one attached hydrogen (secondary N) is 1. The summed E-state index contributed by atoms with van der Waals surface area (Å²) >= 11 is 0. The van der Waals surface area contributed by atoms with E-state index < -0.39 is 0 Å². The molecule has 0 bridgehead atoms. The molecule has 0 radical (unpaired) electrons. The highest BCUT2D eigenvalue weighted by Crippen LogP contribution is 2.10. The van der Waals surface area contributed by atoms with E-state index in [1.807, 2.05) is 0 Å².